The fourth-order valence-electron chi connectivity index (χ4n) is 5.20. The molecule has 1 N–H and O–H groups in total. The second-order valence-corrected chi connectivity index (χ2v) is 7.74. The van der Waals surface area contributed by atoms with E-state index in [0.29, 0.717) is 11.9 Å². The van der Waals surface area contributed by atoms with Gasteiger partial charge in [0.25, 0.3) is 0 Å². The Morgan fingerprint density at radius 1 is 1.29 bits per heavy atom. The van der Waals surface area contributed by atoms with Crippen molar-refractivity contribution in [2.24, 2.45) is 17.3 Å². The van der Waals surface area contributed by atoms with Crippen molar-refractivity contribution in [2.45, 2.75) is 71.3 Å². The summed E-state index contributed by atoms with van der Waals surface area (Å²) in [6.07, 6.45) is 9.70. The molecule has 1 saturated carbocycles. The molecule has 0 spiro atoms. The Labute approximate surface area is 129 Å². The van der Waals surface area contributed by atoms with Gasteiger partial charge in [-0.05, 0) is 50.5 Å². The van der Waals surface area contributed by atoms with E-state index in [0.717, 1.165) is 50.7 Å². The smallest absolute Gasteiger partial charge is 0.230 e. The predicted molar refractivity (Wildman–Crippen MR) is 86.1 cm³/mol. The summed E-state index contributed by atoms with van der Waals surface area (Å²) >= 11 is 0. The summed E-state index contributed by atoms with van der Waals surface area (Å²) in [6, 6.07) is 0.546. The van der Waals surface area contributed by atoms with Crippen LogP contribution in [0.4, 0.5) is 0 Å². The molecule has 2 heterocycles. The minimum Gasteiger partial charge on any atom is -0.339 e. The van der Waals surface area contributed by atoms with Gasteiger partial charge in [0.15, 0.2) is 0 Å². The van der Waals surface area contributed by atoms with Crippen LogP contribution in [-0.2, 0) is 4.79 Å². The zero-order valence-electron chi connectivity index (χ0n) is 13.9. The van der Waals surface area contributed by atoms with E-state index in [-0.39, 0.29) is 5.41 Å². The van der Waals surface area contributed by atoms with Crippen molar-refractivity contribution in [3.63, 3.8) is 0 Å². The van der Waals surface area contributed by atoms with Gasteiger partial charge in [-0.25, -0.2) is 0 Å². The number of amides is 1. The highest BCUT2D eigenvalue weighted by Gasteiger charge is 2.47. The van der Waals surface area contributed by atoms with E-state index in [1.54, 1.807) is 0 Å². The first kappa shape index (κ1) is 15.3. The van der Waals surface area contributed by atoms with Gasteiger partial charge in [-0.2, -0.15) is 0 Å². The summed E-state index contributed by atoms with van der Waals surface area (Å²) in [6.45, 7) is 7.55. The lowest BCUT2D eigenvalue weighted by molar-refractivity contribution is -0.149. The van der Waals surface area contributed by atoms with Gasteiger partial charge in [0.2, 0.25) is 5.91 Å². The summed E-state index contributed by atoms with van der Waals surface area (Å²) in [5, 5.41) is 3.45. The largest absolute Gasteiger partial charge is 0.339 e. The fraction of sp³-hybridized carbons (Fsp3) is 0.944. The van der Waals surface area contributed by atoms with Gasteiger partial charge in [-0.15, -0.1) is 0 Å². The molecule has 3 heteroatoms. The van der Waals surface area contributed by atoms with Crippen LogP contribution in [0.3, 0.4) is 0 Å². The van der Waals surface area contributed by atoms with Gasteiger partial charge in [-0.1, -0.05) is 33.1 Å². The molecule has 21 heavy (non-hydrogen) atoms. The van der Waals surface area contributed by atoms with E-state index in [4.69, 9.17) is 0 Å². The molecule has 4 atom stereocenters. The maximum atomic E-state index is 13.4. The van der Waals surface area contributed by atoms with Crippen molar-refractivity contribution in [3.05, 3.63) is 0 Å². The summed E-state index contributed by atoms with van der Waals surface area (Å²) in [4.78, 5) is 15.7. The van der Waals surface area contributed by atoms with Crippen LogP contribution in [0, 0.1) is 17.3 Å². The Kier molecular flexibility index (Phi) is 4.58. The number of fused-ring (bicyclic) bond motifs is 1. The van der Waals surface area contributed by atoms with Crippen LogP contribution in [0.15, 0.2) is 0 Å². The number of nitrogens with one attached hydrogen (secondary N) is 1. The molecule has 3 nitrogen and oxygen atoms in total. The Morgan fingerprint density at radius 2 is 2.10 bits per heavy atom. The summed E-state index contributed by atoms with van der Waals surface area (Å²) < 4.78 is 0. The molecular weight excluding hydrogens is 260 g/mol. The standard InChI is InChI=1S/C18H32N2O/c1-3-9-18(10-11-19-13-18)17(21)20-12-8-14(2)15-6-4-5-7-16(15)20/h14-16,19H,3-13H2,1-2H3. The highest BCUT2D eigenvalue weighted by molar-refractivity contribution is 5.84. The van der Waals surface area contributed by atoms with E-state index in [1.807, 2.05) is 0 Å². The maximum Gasteiger partial charge on any atom is 0.230 e. The monoisotopic (exact) mass is 292 g/mol. The molecule has 4 unspecified atom stereocenters. The molecule has 2 aliphatic heterocycles. The predicted octanol–water partition coefficient (Wildman–Crippen LogP) is 3.19. The van der Waals surface area contributed by atoms with Crippen LogP contribution in [0.5, 0.6) is 0 Å². The number of likely N-dealkylation sites (tertiary alicyclic amines) is 1. The zero-order valence-corrected chi connectivity index (χ0v) is 13.9. The van der Waals surface area contributed by atoms with E-state index < -0.39 is 0 Å². The van der Waals surface area contributed by atoms with E-state index in [9.17, 15) is 4.79 Å². The Hall–Kier alpha value is -0.570. The molecule has 0 aromatic heterocycles. The van der Waals surface area contributed by atoms with E-state index in [1.165, 1.54) is 32.1 Å². The van der Waals surface area contributed by atoms with Crippen molar-refractivity contribution in [1.82, 2.24) is 10.2 Å². The molecule has 0 aromatic carbocycles. The molecule has 3 rings (SSSR count). The normalized spacial score (nSPS) is 40.1. The minimum absolute atomic E-state index is 0.0860. The first-order valence-electron chi connectivity index (χ1n) is 9.20. The van der Waals surface area contributed by atoms with Crippen molar-refractivity contribution in [2.75, 3.05) is 19.6 Å². The van der Waals surface area contributed by atoms with Crippen molar-refractivity contribution in [1.29, 1.82) is 0 Å². The molecule has 1 amide bonds. The number of nitrogens with zero attached hydrogens (tertiary/aromatic N) is 1. The lowest BCUT2D eigenvalue weighted by Gasteiger charge is -2.49. The average Bonchev–Trinajstić information content (AvgIpc) is 2.98. The molecule has 2 saturated heterocycles. The fourth-order valence-corrected chi connectivity index (χ4v) is 5.20. The first-order chi connectivity index (χ1) is 10.2. The number of rotatable bonds is 3. The SMILES string of the molecule is CCCC1(C(=O)N2CCC(C)C3CCCCC32)CCNC1. The van der Waals surface area contributed by atoms with Crippen molar-refractivity contribution >= 4 is 5.91 Å². The van der Waals surface area contributed by atoms with Gasteiger partial charge in [0.1, 0.15) is 0 Å². The Balaban J connectivity index is 1.79. The molecule has 1 aliphatic carbocycles. The van der Waals surface area contributed by atoms with Gasteiger partial charge >= 0.3 is 0 Å². The third-order valence-corrected chi connectivity index (χ3v) is 6.42. The Morgan fingerprint density at radius 3 is 2.81 bits per heavy atom. The van der Waals surface area contributed by atoms with E-state index in [2.05, 4.69) is 24.1 Å². The van der Waals surface area contributed by atoms with Gasteiger partial charge in [0, 0.05) is 19.1 Å². The van der Waals surface area contributed by atoms with Gasteiger partial charge in [-0.3, -0.25) is 4.79 Å². The molecular formula is C18H32N2O. The molecule has 120 valence electrons. The lowest BCUT2D eigenvalue weighted by Crippen LogP contribution is -2.57. The second kappa shape index (κ2) is 6.28. The topological polar surface area (TPSA) is 32.3 Å². The highest BCUT2D eigenvalue weighted by atomic mass is 16.2. The summed E-state index contributed by atoms with van der Waals surface area (Å²) in [7, 11) is 0. The van der Waals surface area contributed by atoms with Gasteiger partial charge < -0.3 is 10.2 Å². The highest BCUT2D eigenvalue weighted by Crippen LogP contribution is 2.42. The van der Waals surface area contributed by atoms with Crippen LogP contribution < -0.4 is 5.32 Å². The van der Waals surface area contributed by atoms with E-state index >= 15 is 0 Å². The van der Waals surface area contributed by atoms with Gasteiger partial charge in [0.05, 0.1) is 5.41 Å². The third-order valence-electron chi connectivity index (χ3n) is 6.42. The quantitative estimate of drug-likeness (QED) is 0.866. The lowest BCUT2D eigenvalue weighted by atomic mass is 9.71. The second-order valence-electron chi connectivity index (χ2n) is 7.74. The maximum absolute atomic E-state index is 13.4. The third kappa shape index (κ3) is 2.74. The number of piperidine rings is 1. The number of hydrogen-bond donors (Lipinski definition) is 1. The Bertz CT molecular complexity index is 375. The number of carbonyl (C=O) groups is 1. The van der Waals surface area contributed by atoms with Crippen molar-refractivity contribution < 1.29 is 4.79 Å². The first-order valence-corrected chi connectivity index (χ1v) is 9.20. The summed E-state index contributed by atoms with van der Waals surface area (Å²) in [5.74, 6) is 2.06. The van der Waals surface area contributed by atoms with Crippen molar-refractivity contribution in [3.8, 4) is 0 Å². The molecule has 0 bridgehead atoms. The summed E-state index contributed by atoms with van der Waals surface area (Å²) in [5.41, 5.74) is -0.0860. The molecule has 3 aliphatic rings. The average molecular weight is 292 g/mol. The van der Waals surface area contributed by atoms with Crippen LogP contribution in [-0.4, -0.2) is 36.5 Å². The van der Waals surface area contributed by atoms with Crippen LogP contribution in [0.25, 0.3) is 0 Å². The van der Waals surface area contributed by atoms with Crippen LogP contribution in [0.1, 0.15) is 65.2 Å². The molecule has 0 aromatic rings. The number of carbonyl (C=O) groups excluding carboxylic acids is 1. The van der Waals surface area contributed by atoms with Crippen LogP contribution >= 0.6 is 0 Å². The molecule has 3 fully saturated rings. The molecule has 0 radical (unpaired) electrons. The van der Waals surface area contributed by atoms with Crippen LogP contribution in [0.2, 0.25) is 0 Å². The zero-order chi connectivity index (χ0) is 14.9. The minimum atomic E-state index is -0.0860. The number of hydrogen-bond acceptors (Lipinski definition) is 2.